The van der Waals surface area contributed by atoms with Gasteiger partial charge in [0.25, 0.3) is 0 Å². The fourth-order valence-electron chi connectivity index (χ4n) is 3.93. The van der Waals surface area contributed by atoms with Gasteiger partial charge in [-0.3, -0.25) is 4.79 Å². The fourth-order valence-corrected chi connectivity index (χ4v) is 3.93. The number of amides is 3. The van der Waals surface area contributed by atoms with Gasteiger partial charge in [0.2, 0.25) is 5.91 Å². The Morgan fingerprint density at radius 2 is 1.75 bits per heavy atom. The number of hydrogen-bond donors (Lipinski definition) is 3. The molecule has 210 valence electrons. The Hall–Kier alpha value is -4.78. The summed E-state index contributed by atoms with van der Waals surface area (Å²) in [6, 6.07) is 9.25. The Bertz CT molecular complexity index is 1400. The summed E-state index contributed by atoms with van der Waals surface area (Å²) >= 11 is 0. The van der Waals surface area contributed by atoms with Crippen LogP contribution in [-0.2, 0) is 9.47 Å². The molecule has 0 spiro atoms. The molecular weight excluding hydrogens is 523 g/mol. The highest BCUT2D eigenvalue weighted by Crippen LogP contribution is 2.34. The van der Waals surface area contributed by atoms with Gasteiger partial charge in [-0.2, -0.15) is 0 Å². The van der Waals surface area contributed by atoms with Crippen molar-refractivity contribution in [3.63, 3.8) is 0 Å². The molecule has 4 N–H and O–H groups in total. The summed E-state index contributed by atoms with van der Waals surface area (Å²) in [4.78, 5) is 47.4. The monoisotopic (exact) mass is 552 g/mol. The van der Waals surface area contributed by atoms with Crippen LogP contribution in [0.25, 0.3) is 11.4 Å². The van der Waals surface area contributed by atoms with E-state index in [0.29, 0.717) is 37.8 Å². The van der Waals surface area contributed by atoms with Crippen molar-refractivity contribution in [2.45, 2.75) is 13.8 Å². The van der Waals surface area contributed by atoms with E-state index in [9.17, 15) is 14.4 Å². The molecule has 3 aromatic rings. The molecule has 0 unspecified atom stereocenters. The maximum atomic E-state index is 15.1. The van der Waals surface area contributed by atoms with Crippen molar-refractivity contribution in [3.05, 3.63) is 59.5 Å². The van der Waals surface area contributed by atoms with Gasteiger partial charge in [-0.1, -0.05) is 0 Å². The van der Waals surface area contributed by atoms with Crippen LogP contribution < -0.4 is 26.0 Å². The number of halogens is 1. The number of rotatable bonds is 9. The van der Waals surface area contributed by atoms with Gasteiger partial charge in [0.15, 0.2) is 23.1 Å². The number of benzene rings is 2. The smallest absolute Gasteiger partial charge is 0.361 e. The molecular formula is C27H29FN6O6. The lowest BCUT2D eigenvalue weighted by Gasteiger charge is -2.29. The Balaban J connectivity index is 1.62. The summed E-state index contributed by atoms with van der Waals surface area (Å²) in [5.74, 6) is -1.39. The van der Waals surface area contributed by atoms with Gasteiger partial charge in [0.05, 0.1) is 32.1 Å². The highest BCUT2D eigenvalue weighted by atomic mass is 19.1. The van der Waals surface area contributed by atoms with E-state index >= 15 is 4.39 Å². The molecule has 0 bridgehead atoms. The van der Waals surface area contributed by atoms with Crippen molar-refractivity contribution in [2.24, 2.45) is 5.73 Å². The van der Waals surface area contributed by atoms with Crippen molar-refractivity contribution in [1.82, 2.24) is 9.97 Å². The predicted octanol–water partition coefficient (Wildman–Crippen LogP) is 3.44. The number of nitrogens with one attached hydrogen (secondary N) is 2. The Morgan fingerprint density at radius 1 is 1.02 bits per heavy atom. The molecule has 0 aliphatic carbocycles. The number of nitrogens with zero attached hydrogens (tertiary/aromatic N) is 3. The van der Waals surface area contributed by atoms with Crippen LogP contribution in [0.4, 0.5) is 26.4 Å². The van der Waals surface area contributed by atoms with Crippen molar-refractivity contribution in [2.75, 3.05) is 55.1 Å². The second kappa shape index (κ2) is 12.8. The predicted molar refractivity (Wildman–Crippen MR) is 145 cm³/mol. The molecule has 2 aromatic carbocycles. The summed E-state index contributed by atoms with van der Waals surface area (Å²) in [5, 5.41) is 4.99. The molecule has 0 atom stereocenters. The van der Waals surface area contributed by atoms with Crippen molar-refractivity contribution in [3.8, 4) is 17.1 Å². The number of nitrogens with two attached hydrogens (primary N) is 1. The number of hydrogen-bond acceptors (Lipinski definition) is 9. The second-order valence-electron chi connectivity index (χ2n) is 8.52. The maximum absolute atomic E-state index is 15.1. The first kappa shape index (κ1) is 28.2. The zero-order chi connectivity index (χ0) is 28.6. The van der Waals surface area contributed by atoms with Gasteiger partial charge in [-0.05, 0) is 56.3 Å². The number of carbonyl (C=O) groups excluding carboxylic acids is 3. The number of primary amides is 1. The van der Waals surface area contributed by atoms with E-state index < -0.39 is 23.7 Å². The summed E-state index contributed by atoms with van der Waals surface area (Å²) in [6.45, 7) is 5.79. The number of esters is 1. The van der Waals surface area contributed by atoms with Crippen molar-refractivity contribution >= 4 is 35.1 Å². The molecule has 4 rings (SSSR count). The molecule has 1 aliphatic heterocycles. The lowest BCUT2D eigenvalue weighted by Crippen LogP contribution is -2.37. The van der Waals surface area contributed by atoms with E-state index in [4.69, 9.17) is 19.9 Å². The van der Waals surface area contributed by atoms with Gasteiger partial charge in [-0.25, -0.2) is 23.9 Å². The molecule has 3 amide bonds. The van der Waals surface area contributed by atoms with E-state index in [1.165, 1.54) is 36.4 Å². The number of morpholine rings is 1. The highest BCUT2D eigenvalue weighted by molar-refractivity contribution is 6.00. The van der Waals surface area contributed by atoms with Crippen molar-refractivity contribution < 1.29 is 33.0 Å². The number of anilines is 3. The maximum Gasteiger partial charge on any atom is 0.361 e. The average Bonchev–Trinajstić information content (AvgIpc) is 2.95. The molecule has 40 heavy (non-hydrogen) atoms. The minimum Gasteiger partial charge on any atom is -0.488 e. The molecule has 12 nitrogen and oxygen atoms in total. The van der Waals surface area contributed by atoms with Crippen LogP contribution in [0.1, 0.15) is 34.7 Å². The minimum atomic E-state index is -0.750. The summed E-state index contributed by atoms with van der Waals surface area (Å²) in [5.41, 5.74) is 5.98. The third kappa shape index (κ3) is 6.61. The fraction of sp³-hybridized carbons (Fsp3) is 0.296. The molecule has 2 heterocycles. The van der Waals surface area contributed by atoms with Gasteiger partial charge in [-0.15, -0.1) is 0 Å². The lowest BCUT2D eigenvalue weighted by atomic mass is 10.1. The van der Waals surface area contributed by atoms with Gasteiger partial charge < -0.3 is 35.5 Å². The normalized spacial score (nSPS) is 12.9. The van der Waals surface area contributed by atoms with E-state index in [1.807, 2.05) is 4.90 Å². The van der Waals surface area contributed by atoms with Crippen LogP contribution in [-0.4, -0.2) is 67.4 Å². The summed E-state index contributed by atoms with van der Waals surface area (Å²) in [7, 11) is 0. The van der Waals surface area contributed by atoms with Gasteiger partial charge in [0.1, 0.15) is 5.82 Å². The standard InChI is InChI=1S/C27H29FN6O6/c1-3-39-22-21(26(36)40-4-2)32-24(33-25(22)34-11-13-38-14-12-34)17-7-10-20(19(28)15-17)31-27(37)30-18-8-5-16(6-9-18)23(29)35/h5-10,15H,3-4,11-14H2,1-2H3,(H2,29,35)(H2,30,31,37). The Labute approximate surface area is 229 Å². The SMILES string of the molecule is CCOC(=O)c1nc(-c2ccc(NC(=O)Nc3ccc(C(N)=O)cc3)c(F)c2)nc(N2CCOCC2)c1OCC. The topological polar surface area (TPSA) is 158 Å². The van der Waals surface area contributed by atoms with E-state index in [0.717, 1.165) is 6.07 Å². The zero-order valence-corrected chi connectivity index (χ0v) is 22.0. The molecule has 0 radical (unpaired) electrons. The molecule has 1 fully saturated rings. The van der Waals surface area contributed by atoms with Crippen LogP contribution >= 0.6 is 0 Å². The van der Waals surface area contributed by atoms with Crippen LogP contribution in [0.5, 0.6) is 5.75 Å². The third-order valence-electron chi connectivity index (χ3n) is 5.82. The Morgan fingerprint density at radius 3 is 2.38 bits per heavy atom. The van der Waals surface area contributed by atoms with Crippen molar-refractivity contribution in [1.29, 1.82) is 0 Å². The summed E-state index contributed by atoms with van der Waals surface area (Å²) in [6.07, 6.45) is 0. The first-order valence-corrected chi connectivity index (χ1v) is 12.6. The van der Waals surface area contributed by atoms with E-state index in [2.05, 4.69) is 20.6 Å². The van der Waals surface area contributed by atoms with Crippen LogP contribution in [0.2, 0.25) is 0 Å². The first-order chi connectivity index (χ1) is 19.3. The largest absolute Gasteiger partial charge is 0.488 e. The number of ether oxygens (including phenoxy) is 3. The molecule has 1 saturated heterocycles. The van der Waals surface area contributed by atoms with Crippen LogP contribution in [0, 0.1) is 5.82 Å². The second-order valence-corrected chi connectivity index (χ2v) is 8.52. The molecule has 13 heteroatoms. The quantitative estimate of drug-likeness (QED) is 0.338. The van der Waals surface area contributed by atoms with Gasteiger partial charge in [0, 0.05) is 29.9 Å². The van der Waals surface area contributed by atoms with Crippen LogP contribution in [0.3, 0.4) is 0 Å². The van der Waals surface area contributed by atoms with Crippen LogP contribution in [0.15, 0.2) is 42.5 Å². The van der Waals surface area contributed by atoms with E-state index in [-0.39, 0.29) is 47.3 Å². The van der Waals surface area contributed by atoms with Gasteiger partial charge >= 0.3 is 12.0 Å². The molecule has 1 aliphatic rings. The average molecular weight is 553 g/mol. The van der Waals surface area contributed by atoms with E-state index in [1.54, 1.807) is 13.8 Å². The minimum absolute atomic E-state index is 0.0699. The Kier molecular flexibility index (Phi) is 9.07. The summed E-state index contributed by atoms with van der Waals surface area (Å²) < 4.78 is 31.5. The highest BCUT2D eigenvalue weighted by Gasteiger charge is 2.27. The number of urea groups is 1. The third-order valence-corrected chi connectivity index (χ3v) is 5.82. The molecule has 0 saturated carbocycles. The first-order valence-electron chi connectivity index (χ1n) is 12.6. The number of aromatic nitrogens is 2. The lowest BCUT2D eigenvalue weighted by molar-refractivity contribution is 0.0514. The molecule has 1 aromatic heterocycles. The number of carbonyl (C=O) groups is 3. The zero-order valence-electron chi connectivity index (χ0n) is 22.0.